The van der Waals surface area contributed by atoms with E-state index >= 15 is 0 Å². The number of hydrogen-bond donors (Lipinski definition) is 0. The quantitative estimate of drug-likeness (QED) is 0.540. The fraction of sp³-hybridized carbons (Fsp3) is 0.0714. The van der Waals surface area contributed by atoms with E-state index in [1.54, 1.807) is 24.3 Å². The van der Waals surface area contributed by atoms with Crippen LogP contribution in [0.5, 0.6) is 0 Å². The van der Waals surface area contributed by atoms with E-state index in [0.717, 1.165) is 11.3 Å². The summed E-state index contributed by atoms with van der Waals surface area (Å²) in [5, 5.41) is 10.8. The van der Waals surface area contributed by atoms with Crippen molar-refractivity contribution in [2.75, 3.05) is 0 Å². The Kier molecular flexibility index (Phi) is 3.63. The van der Waals surface area contributed by atoms with E-state index in [9.17, 15) is 18.5 Å². The zero-order chi connectivity index (χ0) is 15.7. The normalized spacial score (nSPS) is 11.6. The first-order chi connectivity index (χ1) is 10.5. The molecule has 0 aliphatic carbocycles. The maximum absolute atomic E-state index is 12.4. The molecule has 1 aromatic heterocycles. The summed E-state index contributed by atoms with van der Waals surface area (Å²) in [5.41, 5.74) is 0.892. The van der Waals surface area contributed by atoms with E-state index in [0.29, 0.717) is 15.8 Å². The molecule has 1 heterocycles. The number of fused-ring (bicyclic) bond motifs is 1. The van der Waals surface area contributed by atoms with Crippen molar-refractivity contribution in [3.05, 3.63) is 64.2 Å². The van der Waals surface area contributed by atoms with Gasteiger partial charge < -0.3 is 0 Å². The van der Waals surface area contributed by atoms with Gasteiger partial charge in [0.1, 0.15) is 0 Å². The standard InChI is InChI=1S/C14H10N2O4S2/c17-16(18)11-6-7-13-12(8-11)15-14(21-13)22(19,20)9-10-4-2-1-3-5-10/h1-8H,9H2. The molecule has 0 spiro atoms. The molecule has 0 N–H and O–H groups in total. The van der Waals surface area contributed by atoms with Crippen molar-refractivity contribution in [2.24, 2.45) is 0 Å². The number of thiazole rings is 1. The van der Waals surface area contributed by atoms with Crippen LogP contribution in [0.2, 0.25) is 0 Å². The number of non-ortho nitro benzene ring substituents is 1. The molecule has 0 radical (unpaired) electrons. The number of nitro groups is 1. The topological polar surface area (TPSA) is 90.2 Å². The molecule has 112 valence electrons. The average molecular weight is 334 g/mol. The summed E-state index contributed by atoms with van der Waals surface area (Å²) in [6, 6.07) is 13.0. The number of hydrogen-bond acceptors (Lipinski definition) is 6. The first-order valence-corrected chi connectivity index (χ1v) is 8.74. The molecule has 0 amide bonds. The highest BCUT2D eigenvalue weighted by Gasteiger charge is 2.21. The summed E-state index contributed by atoms with van der Waals surface area (Å²) in [6.07, 6.45) is 0. The minimum Gasteiger partial charge on any atom is -0.258 e. The number of aromatic nitrogens is 1. The van der Waals surface area contributed by atoms with Gasteiger partial charge in [-0.2, -0.15) is 0 Å². The van der Waals surface area contributed by atoms with Gasteiger partial charge in [0, 0.05) is 12.1 Å². The Balaban J connectivity index is 2.00. The summed E-state index contributed by atoms with van der Waals surface area (Å²) < 4.78 is 25.4. The molecular weight excluding hydrogens is 324 g/mol. The van der Waals surface area contributed by atoms with E-state index in [4.69, 9.17) is 0 Å². The maximum atomic E-state index is 12.4. The lowest BCUT2D eigenvalue weighted by molar-refractivity contribution is -0.384. The van der Waals surface area contributed by atoms with E-state index in [2.05, 4.69) is 4.98 Å². The second-order valence-electron chi connectivity index (χ2n) is 4.63. The predicted octanol–water partition coefficient (Wildman–Crippen LogP) is 3.18. The highest BCUT2D eigenvalue weighted by atomic mass is 32.2. The van der Waals surface area contributed by atoms with Crippen LogP contribution in [0.3, 0.4) is 0 Å². The molecule has 3 aromatic rings. The molecule has 0 bridgehead atoms. The third-order valence-electron chi connectivity index (χ3n) is 3.03. The van der Waals surface area contributed by atoms with Crippen molar-refractivity contribution in [3.63, 3.8) is 0 Å². The lowest BCUT2D eigenvalue weighted by Crippen LogP contribution is -2.04. The van der Waals surface area contributed by atoms with Crippen molar-refractivity contribution < 1.29 is 13.3 Å². The smallest absolute Gasteiger partial charge is 0.258 e. The minimum absolute atomic E-state index is 0.0214. The molecule has 3 rings (SSSR count). The Labute approximate surface area is 130 Å². The summed E-state index contributed by atoms with van der Waals surface area (Å²) >= 11 is 1.02. The van der Waals surface area contributed by atoms with E-state index < -0.39 is 14.8 Å². The van der Waals surface area contributed by atoms with Crippen LogP contribution in [0.4, 0.5) is 5.69 Å². The van der Waals surface area contributed by atoms with Crippen molar-refractivity contribution in [1.29, 1.82) is 0 Å². The molecule has 0 fully saturated rings. The third-order valence-corrected chi connectivity index (χ3v) is 6.21. The Morgan fingerprint density at radius 1 is 1.14 bits per heavy atom. The highest BCUT2D eigenvalue weighted by Crippen LogP contribution is 2.29. The maximum Gasteiger partial charge on any atom is 0.271 e. The SMILES string of the molecule is O=[N+]([O-])c1ccc2sc(S(=O)(=O)Cc3ccccc3)nc2c1. The number of rotatable bonds is 4. The number of benzene rings is 2. The summed E-state index contributed by atoms with van der Waals surface area (Å²) in [5.74, 6) is -0.143. The minimum atomic E-state index is -3.57. The lowest BCUT2D eigenvalue weighted by atomic mass is 10.2. The molecule has 8 heteroatoms. The monoisotopic (exact) mass is 334 g/mol. The van der Waals surface area contributed by atoms with Crippen LogP contribution < -0.4 is 0 Å². The molecule has 2 aromatic carbocycles. The van der Waals surface area contributed by atoms with Gasteiger partial charge in [0.05, 0.1) is 20.9 Å². The van der Waals surface area contributed by atoms with Gasteiger partial charge in [-0.1, -0.05) is 30.3 Å². The number of sulfone groups is 1. The van der Waals surface area contributed by atoms with E-state index in [-0.39, 0.29) is 15.8 Å². The van der Waals surface area contributed by atoms with Crippen molar-refractivity contribution in [3.8, 4) is 0 Å². The largest absolute Gasteiger partial charge is 0.271 e. The Hall–Kier alpha value is -2.32. The second-order valence-corrected chi connectivity index (χ2v) is 7.83. The Morgan fingerprint density at radius 2 is 1.86 bits per heavy atom. The molecule has 0 saturated carbocycles. The lowest BCUT2D eigenvalue weighted by Gasteiger charge is -2.00. The van der Waals surface area contributed by atoms with Gasteiger partial charge in [0.25, 0.3) is 5.69 Å². The summed E-state index contributed by atoms with van der Waals surface area (Å²) in [4.78, 5) is 14.3. The summed E-state index contributed by atoms with van der Waals surface area (Å²) in [6.45, 7) is 0. The molecule has 0 aliphatic rings. The molecule has 0 atom stereocenters. The fourth-order valence-electron chi connectivity index (χ4n) is 2.00. The van der Waals surface area contributed by atoms with Crippen molar-refractivity contribution in [1.82, 2.24) is 4.98 Å². The number of nitrogens with zero attached hydrogens (tertiary/aromatic N) is 2. The van der Waals surface area contributed by atoms with Crippen LogP contribution in [0.15, 0.2) is 52.9 Å². The predicted molar refractivity (Wildman–Crippen MR) is 83.6 cm³/mol. The van der Waals surface area contributed by atoms with Gasteiger partial charge in [0.2, 0.25) is 14.2 Å². The number of nitro benzene ring substituents is 1. The molecule has 0 aliphatic heterocycles. The fourth-order valence-corrected chi connectivity index (χ4v) is 4.62. The van der Waals surface area contributed by atoms with Crippen LogP contribution >= 0.6 is 11.3 Å². The zero-order valence-electron chi connectivity index (χ0n) is 11.2. The Morgan fingerprint density at radius 3 is 2.55 bits per heavy atom. The van der Waals surface area contributed by atoms with Gasteiger partial charge in [-0.3, -0.25) is 10.1 Å². The molecule has 22 heavy (non-hydrogen) atoms. The van der Waals surface area contributed by atoms with Gasteiger partial charge in [-0.25, -0.2) is 13.4 Å². The first kappa shape index (κ1) is 14.6. The van der Waals surface area contributed by atoms with Gasteiger partial charge in [0.15, 0.2) is 0 Å². The zero-order valence-corrected chi connectivity index (χ0v) is 12.8. The van der Waals surface area contributed by atoms with Crippen LogP contribution in [-0.4, -0.2) is 18.3 Å². The van der Waals surface area contributed by atoms with Crippen LogP contribution in [0.1, 0.15) is 5.56 Å². The van der Waals surface area contributed by atoms with Gasteiger partial charge in [-0.15, -0.1) is 11.3 Å². The van der Waals surface area contributed by atoms with Crippen molar-refractivity contribution in [2.45, 2.75) is 10.1 Å². The molecule has 6 nitrogen and oxygen atoms in total. The molecular formula is C14H10N2O4S2. The highest BCUT2D eigenvalue weighted by molar-refractivity contribution is 7.92. The molecule has 0 saturated heterocycles. The Bertz CT molecular complexity index is 949. The van der Waals surface area contributed by atoms with Crippen molar-refractivity contribution >= 4 is 37.1 Å². The van der Waals surface area contributed by atoms with E-state index in [1.165, 1.54) is 18.2 Å². The third kappa shape index (κ3) is 2.83. The van der Waals surface area contributed by atoms with Crippen LogP contribution in [-0.2, 0) is 15.6 Å². The first-order valence-electron chi connectivity index (χ1n) is 6.27. The average Bonchev–Trinajstić information content (AvgIpc) is 2.91. The van der Waals surface area contributed by atoms with E-state index in [1.807, 2.05) is 6.07 Å². The van der Waals surface area contributed by atoms with Crippen LogP contribution in [0, 0.1) is 10.1 Å². The van der Waals surface area contributed by atoms with Crippen LogP contribution in [0.25, 0.3) is 10.2 Å². The summed E-state index contributed by atoms with van der Waals surface area (Å²) in [7, 11) is -3.57. The van der Waals surface area contributed by atoms with Gasteiger partial charge in [-0.05, 0) is 11.6 Å². The molecule has 0 unspecified atom stereocenters. The second kappa shape index (κ2) is 5.47. The van der Waals surface area contributed by atoms with Gasteiger partial charge >= 0.3 is 0 Å².